The Kier molecular flexibility index (Phi) is 8.72. The molecule has 1 amide bonds. The maximum absolute atomic E-state index is 13.5. The largest absolute Gasteiger partial charge is 0.271 e. The number of carbonyl (C=O) groups is 1. The van der Waals surface area contributed by atoms with Gasteiger partial charge in [0.05, 0.1) is 9.79 Å². The first kappa shape index (κ1) is 27.6. The number of carbonyl (C=O) groups excluding carboxylic acids is 1. The molecule has 0 unspecified atom stereocenters. The van der Waals surface area contributed by atoms with Crippen molar-refractivity contribution in [3.05, 3.63) is 96.6 Å². The molecule has 1 N–H and O–H groups in total. The second-order valence-corrected chi connectivity index (χ2v) is 12.8. The Morgan fingerprint density at radius 1 is 0.816 bits per heavy atom. The summed E-state index contributed by atoms with van der Waals surface area (Å²) >= 11 is 0. The molecule has 1 atom stereocenters. The smallest absolute Gasteiger partial charge is 0.259 e. The van der Waals surface area contributed by atoms with Gasteiger partial charge in [0, 0.05) is 25.3 Å². The number of sulfonamides is 2. The lowest BCUT2D eigenvalue weighted by Crippen LogP contribution is -2.60. The average Bonchev–Trinajstić information content (AvgIpc) is 2.96. The van der Waals surface area contributed by atoms with Crippen LogP contribution in [-0.4, -0.2) is 62.7 Å². The molecule has 9 nitrogen and oxygen atoms in total. The van der Waals surface area contributed by atoms with E-state index in [0.29, 0.717) is 12.1 Å². The Hall–Kier alpha value is -3.38. The van der Waals surface area contributed by atoms with Gasteiger partial charge >= 0.3 is 0 Å². The summed E-state index contributed by atoms with van der Waals surface area (Å²) in [5.41, 5.74) is 4.26. The van der Waals surface area contributed by atoms with Gasteiger partial charge in [-0.05, 0) is 49.6 Å². The third-order valence-electron chi connectivity index (χ3n) is 6.30. The third kappa shape index (κ3) is 6.36. The van der Waals surface area contributed by atoms with E-state index < -0.39 is 32.0 Å². The van der Waals surface area contributed by atoms with Crippen LogP contribution in [0.5, 0.6) is 0 Å². The molecule has 0 bridgehead atoms. The summed E-state index contributed by atoms with van der Waals surface area (Å²) in [4.78, 5) is 13.4. The molecule has 1 heterocycles. The minimum atomic E-state index is -4.07. The van der Waals surface area contributed by atoms with Crippen molar-refractivity contribution in [2.24, 2.45) is 5.10 Å². The van der Waals surface area contributed by atoms with Gasteiger partial charge in [-0.3, -0.25) is 4.79 Å². The van der Waals surface area contributed by atoms with Crippen LogP contribution in [0.25, 0.3) is 0 Å². The number of hydrogen-bond donors (Lipinski definition) is 1. The maximum atomic E-state index is 13.5. The highest BCUT2D eigenvalue weighted by Gasteiger charge is 2.43. The Morgan fingerprint density at radius 3 is 1.92 bits per heavy atom. The fraction of sp³-hybridized carbons (Fsp3) is 0.259. The maximum Gasteiger partial charge on any atom is 0.259 e. The molecule has 11 heteroatoms. The summed E-state index contributed by atoms with van der Waals surface area (Å²) in [5, 5.41) is 4.18. The van der Waals surface area contributed by atoms with Crippen LogP contribution in [0.2, 0.25) is 0 Å². The number of hydrogen-bond acceptors (Lipinski definition) is 6. The Balaban J connectivity index is 1.56. The number of piperazine rings is 1. The molecule has 0 saturated carbocycles. The number of benzene rings is 3. The van der Waals surface area contributed by atoms with E-state index in [2.05, 4.69) is 10.5 Å². The van der Waals surface area contributed by atoms with Crippen molar-refractivity contribution in [1.82, 2.24) is 14.0 Å². The highest BCUT2D eigenvalue weighted by molar-refractivity contribution is 7.89. The predicted octanol–water partition coefficient (Wildman–Crippen LogP) is 2.88. The van der Waals surface area contributed by atoms with Gasteiger partial charge in [-0.25, -0.2) is 22.3 Å². The summed E-state index contributed by atoms with van der Waals surface area (Å²) in [7, 11) is -8.01. The van der Waals surface area contributed by atoms with Gasteiger partial charge in [-0.15, -0.1) is 0 Å². The number of rotatable bonds is 9. The van der Waals surface area contributed by atoms with Crippen LogP contribution < -0.4 is 5.43 Å². The zero-order valence-electron chi connectivity index (χ0n) is 21.0. The first-order valence-electron chi connectivity index (χ1n) is 12.2. The van der Waals surface area contributed by atoms with Crippen LogP contribution in [0.4, 0.5) is 0 Å². The fourth-order valence-electron chi connectivity index (χ4n) is 4.18. The molecule has 0 spiro atoms. The van der Waals surface area contributed by atoms with Gasteiger partial charge in [-0.2, -0.15) is 13.7 Å². The van der Waals surface area contributed by atoms with E-state index in [-0.39, 0.29) is 29.4 Å². The van der Waals surface area contributed by atoms with Crippen molar-refractivity contribution in [2.45, 2.75) is 35.6 Å². The molecular weight excluding hydrogens is 524 g/mol. The number of aryl methyl sites for hydroxylation is 1. The molecule has 3 aromatic carbocycles. The Bertz CT molecular complexity index is 1480. The van der Waals surface area contributed by atoms with Crippen molar-refractivity contribution in [3.63, 3.8) is 0 Å². The van der Waals surface area contributed by atoms with Crippen LogP contribution in [0.1, 0.15) is 18.9 Å². The molecule has 4 rings (SSSR count). The average molecular weight is 555 g/mol. The van der Waals surface area contributed by atoms with Crippen LogP contribution in [0, 0.1) is 0 Å². The first-order chi connectivity index (χ1) is 18.2. The molecule has 1 saturated heterocycles. The summed E-state index contributed by atoms with van der Waals surface area (Å²) in [6.07, 6.45) is 1.32. The van der Waals surface area contributed by atoms with Crippen molar-refractivity contribution in [1.29, 1.82) is 0 Å². The molecule has 0 aromatic heterocycles. The van der Waals surface area contributed by atoms with E-state index in [1.165, 1.54) is 24.3 Å². The first-order valence-corrected chi connectivity index (χ1v) is 15.1. The molecule has 38 heavy (non-hydrogen) atoms. The molecular formula is C27H30N4O5S2. The lowest BCUT2D eigenvalue weighted by molar-refractivity contribution is -0.125. The molecule has 0 radical (unpaired) electrons. The number of hydrazone groups is 1. The van der Waals surface area contributed by atoms with Crippen molar-refractivity contribution in [2.75, 3.05) is 19.6 Å². The monoisotopic (exact) mass is 554 g/mol. The van der Waals surface area contributed by atoms with E-state index in [0.717, 1.165) is 20.6 Å². The lowest BCUT2D eigenvalue weighted by Gasteiger charge is -2.38. The summed E-state index contributed by atoms with van der Waals surface area (Å²) < 4.78 is 55.7. The normalized spacial score (nSPS) is 17.7. The zero-order valence-corrected chi connectivity index (χ0v) is 22.6. The number of amides is 1. The van der Waals surface area contributed by atoms with E-state index in [4.69, 9.17) is 0 Å². The summed E-state index contributed by atoms with van der Waals surface area (Å²) in [5.74, 6) is -0.698. The van der Waals surface area contributed by atoms with Crippen LogP contribution in [0.3, 0.4) is 0 Å². The molecule has 1 aliphatic heterocycles. The highest BCUT2D eigenvalue weighted by Crippen LogP contribution is 2.25. The van der Waals surface area contributed by atoms with E-state index in [1.807, 2.05) is 30.3 Å². The Labute approximate surface area is 223 Å². The predicted molar refractivity (Wildman–Crippen MR) is 145 cm³/mol. The van der Waals surface area contributed by atoms with E-state index in [1.54, 1.807) is 43.3 Å². The van der Waals surface area contributed by atoms with Crippen molar-refractivity contribution >= 4 is 31.7 Å². The quantitative estimate of drug-likeness (QED) is 0.323. The molecule has 3 aromatic rings. The molecule has 1 aliphatic rings. The van der Waals surface area contributed by atoms with Gasteiger partial charge in [-0.1, -0.05) is 66.7 Å². The van der Waals surface area contributed by atoms with Gasteiger partial charge < -0.3 is 0 Å². The second-order valence-electron chi connectivity index (χ2n) is 8.93. The second kappa shape index (κ2) is 12.0. The van der Waals surface area contributed by atoms with Crippen molar-refractivity contribution < 1.29 is 21.6 Å². The molecule has 1 fully saturated rings. The fourth-order valence-corrected chi connectivity index (χ4v) is 7.23. The number of nitrogens with zero attached hydrogens (tertiary/aromatic N) is 3. The molecule has 0 aliphatic carbocycles. The minimum Gasteiger partial charge on any atom is -0.271 e. The van der Waals surface area contributed by atoms with Crippen LogP contribution in [-0.2, 0) is 31.3 Å². The topological polar surface area (TPSA) is 116 Å². The lowest BCUT2D eigenvalue weighted by atomic mass is 10.1. The van der Waals surface area contributed by atoms with Crippen LogP contribution in [0.15, 0.2) is 106 Å². The SMILES string of the molecule is C/C(CCc1ccccc1)=N/NC(=O)[C@H]1CN(S(=O)(=O)c2ccccc2)CCN1S(=O)(=O)c1ccccc1. The highest BCUT2D eigenvalue weighted by atomic mass is 32.2. The third-order valence-corrected chi connectivity index (χ3v) is 10.1. The van der Waals surface area contributed by atoms with Crippen molar-refractivity contribution in [3.8, 4) is 0 Å². The minimum absolute atomic E-state index is 0.0275. The van der Waals surface area contributed by atoms with Gasteiger partial charge in [0.15, 0.2) is 0 Å². The van der Waals surface area contributed by atoms with Crippen LogP contribution >= 0.6 is 0 Å². The Morgan fingerprint density at radius 2 is 1.34 bits per heavy atom. The van der Waals surface area contributed by atoms with Gasteiger partial charge in [0.25, 0.3) is 5.91 Å². The van der Waals surface area contributed by atoms with Gasteiger partial charge in [0.1, 0.15) is 6.04 Å². The van der Waals surface area contributed by atoms with E-state index >= 15 is 0 Å². The molecule has 200 valence electrons. The van der Waals surface area contributed by atoms with E-state index in [9.17, 15) is 21.6 Å². The summed E-state index contributed by atoms with van der Waals surface area (Å²) in [6, 6.07) is 24.2. The number of nitrogens with one attached hydrogen (secondary N) is 1. The standard InChI is InChI=1S/C27H30N4O5S2/c1-22(17-18-23-11-5-2-6-12-23)28-29-27(32)26-21-30(37(33,34)24-13-7-3-8-14-24)19-20-31(26)38(35,36)25-15-9-4-10-16-25/h2-16,26H,17-21H2,1H3,(H,29,32)/b28-22-/t26-/m1/s1. The zero-order chi connectivity index (χ0) is 27.2. The van der Waals surface area contributed by atoms with Gasteiger partial charge in [0.2, 0.25) is 20.0 Å². The summed E-state index contributed by atoms with van der Waals surface area (Å²) in [6.45, 7) is 1.16.